The summed E-state index contributed by atoms with van der Waals surface area (Å²) in [5, 5.41) is 3.53. The minimum atomic E-state index is -0.422. The molecule has 0 aliphatic heterocycles. The van der Waals surface area contributed by atoms with Crippen LogP contribution in [0.2, 0.25) is 5.02 Å². The SMILES string of the molecule is COC(=O)c1ccc(C(=O)NCCc2ccc(Cl)cc2)cc1. The van der Waals surface area contributed by atoms with Crippen molar-refractivity contribution < 1.29 is 14.3 Å². The Morgan fingerprint density at radius 2 is 1.59 bits per heavy atom. The van der Waals surface area contributed by atoms with Gasteiger partial charge in [-0.15, -0.1) is 0 Å². The first-order valence-electron chi connectivity index (χ1n) is 6.81. The van der Waals surface area contributed by atoms with E-state index >= 15 is 0 Å². The Bertz CT molecular complexity index is 651. The van der Waals surface area contributed by atoms with Crippen molar-refractivity contribution in [3.63, 3.8) is 0 Å². The molecule has 4 nitrogen and oxygen atoms in total. The van der Waals surface area contributed by atoms with E-state index in [1.54, 1.807) is 24.3 Å². The van der Waals surface area contributed by atoms with Crippen LogP contribution in [-0.2, 0) is 11.2 Å². The molecule has 0 fully saturated rings. The number of ether oxygens (including phenoxy) is 1. The quantitative estimate of drug-likeness (QED) is 0.862. The van der Waals surface area contributed by atoms with Gasteiger partial charge < -0.3 is 10.1 Å². The molecular weight excluding hydrogens is 302 g/mol. The van der Waals surface area contributed by atoms with Crippen molar-refractivity contribution in [2.45, 2.75) is 6.42 Å². The highest BCUT2D eigenvalue weighted by Crippen LogP contribution is 2.10. The highest BCUT2D eigenvalue weighted by molar-refractivity contribution is 6.30. The summed E-state index contributed by atoms with van der Waals surface area (Å²) in [7, 11) is 1.32. The number of amides is 1. The summed E-state index contributed by atoms with van der Waals surface area (Å²) in [6.45, 7) is 0.527. The molecule has 0 saturated heterocycles. The van der Waals surface area contributed by atoms with Gasteiger partial charge in [-0.05, 0) is 48.4 Å². The second kappa shape index (κ2) is 7.61. The van der Waals surface area contributed by atoms with Gasteiger partial charge in [-0.2, -0.15) is 0 Å². The second-order valence-electron chi connectivity index (χ2n) is 4.70. The largest absolute Gasteiger partial charge is 0.465 e. The highest BCUT2D eigenvalue weighted by atomic mass is 35.5. The minimum absolute atomic E-state index is 0.176. The Kier molecular flexibility index (Phi) is 5.55. The molecule has 0 aliphatic carbocycles. The smallest absolute Gasteiger partial charge is 0.337 e. The maximum atomic E-state index is 12.0. The van der Waals surface area contributed by atoms with E-state index in [4.69, 9.17) is 11.6 Å². The van der Waals surface area contributed by atoms with Crippen molar-refractivity contribution in [3.8, 4) is 0 Å². The molecule has 114 valence electrons. The van der Waals surface area contributed by atoms with Crippen molar-refractivity contribution in [2.75, 3.05) is 13.7 Å². The Balaban J connectivity index is 1.86. The summed E-state index contributed by atoms with van der Waals surface area (Å²) in [6, 6.07) is 13.8. The molecule has 0 bridgehead atoms. The van der Waals surface area contributed by atoms with Crippen LogP contribution < -0.4 is 5.32 Å². The molecule has 0 aliphatic rings. The number of carbonyl (C=O) groups is 2. The number of hydrogen-bond donors (Lipinski definition) is 1. The van der Waals surface area contributed by atoms with E-state index in [0.29, 0.717) is 22.7 Å². The van der Waals surface area contributed by atoms with Crippen molar-refractivity contribution in [3.05, 3.63) is 70.2 Å². The van der Waals surface area contributed by atoms with Crippen LogP contribution >= 0.6 is 11.6 Å². The first-order chi connectivity index (χ1) is 10.6. The summed E-state index contributed by atoms with van der Waals surface area (Å²) in [5.74, 6) is -0.597. The molecule has 2 aromatic carbocycles. The summed E-state index contributed by atoms with van der Waals surface area (Å²) in [4.78, 5) is 23.3. The average Bonchev–Trinajstić information content (AvgIpc) is 2.56. The van der Waals surface area contributed by atoms with Crippen LogP contribution in [0.15, 0.2) is 48.5 Å². The standard InChI is InChI=1S/C17H16ClNO3/c1-22-17(21)14-6-4-13(5-7-14)16(20)19-11-10-12-2-8-15(18)9-3-12/h2-9H,10-11H2,1H3,(H,19,20). The van der Waals surface area contributed by atoms with Crippen LogP contribution in [-0.4, -0.2) is 25.5 Å². The fraction of sp³-hybridized carbons (Fsp3) is 0.176. The van der Waals surface area contributed by atoms with E-state index in [9.17, 15) is 9.59 Å². The summed E-state index contributed by atoms with van der Waals surface area (Å²) < 4.78 is 4.61. The Morgan fingerprint density at radius 1 is 1.00 bits per heavy atom. The molecule has 2 rings (SSSR count). The molecule has 0 saturated carbocycles. The van der Waals surface area contributed by atoms with E-state index in [0.717, 1.165) is 12.0 Å². The molecule has 0 spiro atoms. The van der Waals surface area contributed by atoms with Crippen LogP contribution in [0.4, 0.5) is 0 Å². The second-order valence-corrected chi connectivity index (χ2v) is 5.14. The maximum Gasteiger partial charge on any atom is 0.337 e. The number of carbonyl (C=O) groups excluding carboxylic acids is 2. The third-order valence-electron chi connectivity index (χ3n) is 3.18. The van der Waals surface area contributed by atoms with Crippen LogP contribution in [0.25, 0.3) is 0 Å². The predicted molar refractivity (Wildman–Crippen MR) is 85.3 cm³/mol. The van der Waals surface area contributed by atoms with E-state index in [1.807, 2.05) is 24.3 Å². The Hall–Kier alpha value is -2.33. The van der Waals surface area contributed by atoms with Gasteiger partial charge in [0.15, 0.2) is 0 Å². The van der Waals surface area contributed by atoms with Crippen LogP contribution in [0.1, 0.15) is 26.3 Å². The van der Waals surface area contributed by atoms with Crippen molar-refractivity contribution >= 4 is 23.5 Å². The molecule has 0 atom stereocenters. The average molecular weight is 318 g/mol. The topological polar surface area (TPSA) is 55.4 Å². The van der Waals surface area contributed by atoms with Crippen LogP contribution in [0.3, 0.4) is 0 Å². The number of methoxy groups -OCH3 is 1. The van der Waals surface area contributed by atoms with Crippen LogP contribution in [0, 0.1) is 0 Å². The maximum absolute atomic E-state index is 12.0. The lowest BCUT2D eigenvalue weighted by Crippen LogP contribution is -2.25. The summed E-state index contributed by atoms with van der Waals surface area (Å²) >= 11 is 5.82. The third-order valence-corrected chi connectivity index (χ3v) is 3.43. The molecule has 2 aromatic rings. The highest BCUT2D eigenvalue weighted by Gasteiger charge is 2.08. The molecule has 5 heteroatoms. The molecule has 0 aromatic heterocycles. The van der Waals surface area contributed by atoms with Gasteiger partial charge in [0, 0.05) is 17.1 Å². The van der Waals surface area contributed by atoms with Gasteiger partial charge >= 0.3 is 5.97 Å². The zero-order chi connectivity index (χ0) is 15.9. The lowest BCUT2D eigenvalue weighted by atomic mass is 10.1. The van der Waals surface area contributed by atoms with E-state index in [1.165, 1.54) is 7.11 Å². The normalized spacial score (nSPS) is 10.1. The van der Waals surface area contributed by atoms with Gasteiger partial charge in [0.2, 0.25) is 0 Å². The van der Waals surface area contributed by atoms with Crippen molar-refractivity contribution in [1.82, 2.24) is 5.32 Å². The Labute approximate surface area is 134 Å². The third kappa shape index (κ3) is 4.33. The van der Waals surface area contributed by atoms with Crippen molar-refractivity contribution in [1.29, 1.82) is 0 Å². The molecule has 1 N–H and O–H groups in total. The van der Waals surface area contributed by atoms with Gasteiger partial charge in [0.05, 0.1) is 12.7 Å². The van der Waals surface area contributed by atoms with Crippen molar-refractivity contribution in [2.24, 2.45) is 0 Å². The van der Waals surface area contributed by atoms with Gasteiger partial charge in [0.1, 0.15) is 0 Å². The van der Waals surface area contributed by atoms with E-state index in [-0.39, 0.29) is 5.91 Å². The number of nitrogens with one attached hydrogen (secondary N) is 1. The van der Waals surface area contributed by atoms with Gasteiger partial charge in [-0.3, -0.25) is 4.79 Å². The fourth-order valence-electron chi connectivity index (χ4n) is 1.95. The fourth-order valence-corrected chi connectivity index (χ4v) is 2.08. The van der Waals surface area contributed by atoms with Crippen LogP contribution in [0.5, 0.6) is 0 Å². The summed E-state index contributed by atoms with van der Waals surface area (Å²) in [6.07, 6.45) is 0.725. The molecular formula is C17H16ClNO3. The number of benzene rings is 2. The molecule has 1 amide bonds. The lowest BCUT2D eigenvalue weighted by Gasteiger charge is -2.06. The number of halogens is 1. The predicted octanol–water partition coefficient (Wildman–Crippen LogP) is 3.10. The molecule has 22 heavy (non-hydrogen) atoms. The first kappa shape index (κ1) is 16.0. The minimum Gasteiger partial charge on any atom is -0.465 e. The number of rotatable bonds is 5. The van der Waals surface area contributed by atoms with Gasteiger partial charge in [0.25, 0.3) is 5.91 Å². The molecule has 0 radical (unpaired) electrons. The van der Waals surface area contributed by atoms with Gasteiger partial charge in [-0.25, -0.2) is 4.79 Å². The van der Waals surface area contributed by atoms with E-state index in [2.05, 4.69) is 10.1 Å². The molecule has 0 heterocycles. The molecule has 0 unspecified atom stereocenters. The zero-order valence-electron chi connectivity index (χ0n) is 12.1. The van der Waals surface area contributed by atoms with Gasteiger partial charge in [-0.1, -0.05) is 23.7 Å². The van der Waals surface area contributed by atoms with E-state index < -0.39 is 5.97 Å². The number of hydrogen-bond acceptors (Lipinski definition) is 3. The zero-order valence-corrected chi connectivity index (χ0v) is 12.9. The number of esters is 1. The first-order valence-corrected chi connectivity index (χ1v) is 7.19. The summed E-state index contributed by atoms with van der Waals surface area (Å²) in [5.41, 5.74) is 2.02. The monoisotopic (exact) mass is 317 g/mol. The lowest BCUT2D eigenvalue weighted by molar-refractivity contribution is 0.0600. The Morgan fingerprint density at radius 3 is 2.18 bits per heavy atom.